The van der Waals surface area contributed by atoms with Crippen LogP contribution in [0.3, 0.4) is 0 Å². The molecular formula is C21H15BrN4O3S. The normalized spacial score (nSPS) is 31.1. The van der Waals surface area contributed by atoms with Gasteiger partial charge in [0.1, 0.15) is 11.9 Å². The Kier molecular flexibility index (Phi) is 4.63. The van der Waals surface area contributed by atoms with Gasteiger partial charge >= 0.3 is 0 Å². The second kappa shape index (κ2) is 6.82. The summed E-state index contributed by atoms with van der Waals surface area (Å²) in [7, 11) is 1.54. The minimum absolute atomic E-state index is 0.436. The number of benzene rings is 1. The summed E-state index contributed by atoms with van der Waals surface area (Å²) in [6.45, 7) is 1.64. The van der Waals surface area contributed by atoms with Crippen LogP contribution in [0, 0.1) is 50.2 Å². The highest BCUT2D eigenvalue weighted by Crippen LogP contribution is 2.69. The van der Waals surface area contributed by atoms with Gasteiger partial charge in [-0.3, -0.25) is 5.41 Å². The first kappa shape index (κ1) is 20.4. The topological polar surface area (TPSA) is 123 Å². The van der Waals surface area contributed by atoms with E-state index in [1.165, 1.54) is 11.3 Å². The average Bonchev–Trinajstić information content (AvgIpc) is 3.25. The van der Waals surface area contributed by atoms with Gasteiger partial charge in [0.2, 0.25) is 17.1 Å². The van der Waals surface area contributed by atoms with Crippen molar-refractivity contribution < 1.29 is 14.2 Å². The average molecular weight is 483 g/mol. The first-order valence-corrected chi connectivity index (χ1v) is 10.5. The molecule has 150 valence electrons. The predicted octanol–water partition coefficient (Wildman–Crippen LogP) is 4.64. The van der Waals surface area contributed by atoms with Crippen LogP contribution in [0.1, 0.15) is 29.4 Å². The summed E-state index contributed by atoms with van der Waals surface area (Å²) in [5.41, 5.74) is -3.24. The number of thiophene rings is 1. The third-order valence-electron chi connectivity index (χ3n) is 5.82. The summed E-state index contributed by atoms with van der Waals surface area (Å²) in [4.78, 5) is 0.599. The van der Waals surface area contributed by atoms with Crippen LogP contribution in [-0.2, 0) is 9.47 Å². The molecule has 4 rings (SSSR count). The summed E-state index contributed by atoms with van der Waals surface area (Å²) in [6, 6.07) is 16.7. The maximum atomic E-state index is 10.4. The molecule has 0 spiro atoms. The lowest BCUT2D eigenvalue weighted by molar-refractivity contribution is -0.252. The van der Waals surface area contributed by atoms with Crippen LogP contribution in [0.4, 0.5) is 0 Å². The number of methoxy groups -OCH3 is 1. The molecule has 7 nitrogen and oxygen atoms in total. The first-order valence-electron chi connectivity index (χ1n) is 8.90. The molecule has 1 aromatic heterocycles. The maximum absolute atomic E-state index is 10.4. The van der Waals surface area contributed by atoms with E-state index in [2.05, 4.69) is 34.1 Å². The monoisotopic (exact) mass is 482 g/mol. The van der Waals surface area contributed by atoms with E-state index in [9.17, 15) is 15.8 Å². The third kappa shape index (κ3) is 2.39. The van der Waals surface area contributed by atoms with Crippen LogP contribution < -0.4 is 4.74 Å². The molecule has 2 bridgehead atoms. The van der Waals surface area contributed by atoms with E-state index in [0.717, 1.165) is 3.79 Å². The number of nitriles is 3. The summed E-state index contributed by atoms with van der Waals surface area (Å²) in [5, 5.41) is 39.5. The molecular weight excluding hydrogens is 468 g/mol. The van der Waals surface area contributed by atoms with Gasteiger partial charge in [-0.05, 0) is 45.8 Å². The van der Waals surface area contributed by atoms with Crippen LogP contribution in [0.2, 0.25) is 0 Å². The zero-order valence-corrected chi connectivity index (χ0v) is 18.4. The molecule has 2 aliphatic heterocycles. The Morgan fingerprint density at radius 1 is 1.10 bits per heavy atom. The van der Waals surface area contributed by atoms with Gasteiger partial charge in [-0.2, -0.15) is 15.8 Å². The van der Waals surface area contributed by atoms with Crippen molar-refractivity contribution in [2.45, 2.75) is 24.7 Å². The van der Waals surface area contributed by atoms with E-state index in [4.69, 9.17) is 19.6 Å². The standard InChI is InChI=1S/C21H15BrN4O3S/c1-19-16(12-3-5-13(27-2)6-4-12)21(11-25,18(26)29-19)20(9-23,10-24)17(28-19)14-7-8-15(22)30-14/h3-8,16-17,26H,1-2H3. The van der Waals surface area contributed by atoms with Crippen LogP contribution in [0.25, 0.3) is 0 Å². The van der Waals surface area contributed by atoms with E-state index in [-0.39, 0.29) is 0 Å². The quantitative estimate of drug-likeness (QED) is 0.679. The summed E-state index contributed by atoms with van der Waals surface area (Å²) < 4.78 is 18.1. The number of nitrogens with zero attached hydrogens (tertiary/aromatic N) is 3. The second-order valence-corrected chi connectivity index (χ2v) is 9.74. The third-order valence-corrected chi connectivity index (χ3v) is 7.48. The Morgan fingerprint density at radius 2 is 1.77 bits per heavy atom. The molecule has 30 heavy (non-hydrogen) atoms. The molecule has 9 heteroatoms. The molecule has 2 aliphatic rings. The molecule has 1 N–H and O–H groups in total. The van der Waals surface area contributed by atoms with Crippen LogP contribution in [0.15, 0.2) is 40.2 Å². The highest BCUT2D eigenvalue weighted by molar-refractivity contribution is 9.11. The fourth-order valence-corrected chi connectivity index (χ4v) is 6.03. The van der Waals surface area contributed by atoms with Crippen molar-refractivity contribution in [2.24, 2.45) is 10.8 Å². The highest BCUT2D eigenvalue weighted by atomic mass is 79.9. The molecule has 2 saturated heterocycles. The smallest absolute Gasteiger partial charge is 0.218 e. The van der Waals surface area contributed by atoms with Crippen molar-refractivity contribution in [3.05, 3.63) is 50.6 Å². The van der Waals surface area contributed by atoms with Gasteiger partial charge in [-0.25, -0.2) is 0 Å². The molecule has 4 unspecified atom stereocenters. The van der Waals surface area contributed by atoms with Crippen molar-refractivity contribution in [1.82, 2.24) is 0 Å². The molecule has 0 radical (unpaired) electrons. The molecule has 0 amide bonds. The van der Waals surface area contributed by atoms with Gasteiger partial charge in [0, 0.05) is 11.8 Å². The van der Waals surface area contributed by atoms with Crippen molar-refractivity contribution in [2.75, 3.05) is 7.11 Å². The molecule has 2 aromatic rings. The van der Waals surface area contributed by atoms with Gasteiger partial charge in [-0.1, -0.05) is 12.1 Å². The van der Waals surface area contributed by atoms with Gasteiger partial charge in [0.05, 0.1) is 35.0 Å². The van der Waals surface area contributed by atoms with E-state index >= 15 is 0 Å². The van der Waals surface area contributed by atoms with Gasteiger partial charge in [-0.15, -0.1) is 11.3 Å². The Balaban J connectivity index is 2.00. The van der Waals surface area contributed by atoms with Gasteiger partial charge in [0.25, 0.3) is 0 Å². The van der Waals surface area contributed by atoms with Gasteiger partial charge < -0.3 is 14.2 Å². The largest absolute Gasteiger partial charge is 0.497 e. The molecule has 4 atom stereocenters. The lowest BCUT2D eigenvalue weighted by Gasteiger charge is -2.48. The molecule has 3 heterocycles. The van der Waals surface area contributed by atoms with Crippen molar-refractivity contribution in [3.8, 4) is 24.0 Å². The molecule has 1 aromatic carbocycles. The molecule has 2 fully saturated rings. The Morgan fingerprint density at radius 3 is 2.27 bits per heavy atom. The Bertz CT molecular complexity index is 1140. The van der Waals surface area contributed by atoms with Crippen molar-refractivity contribution in [1.29, 1.82) is 21.2 Å². The second-order valence-electron chi connectivity index (χ2n) is 7.24. The summed E-state index contributed by atoms with van der Waals surface area (Å²) in [6.07, 6.45) is -1.06. The Labute approximate surface area is 185 Å². The van der Waals surface area contributed by atoms with Crippen molar-refractivity contribution in [3.63, 3.8) is 0 Å². The minimum atomic E-state index is -2.00. The van der Waals surface area contributed by atoms with Crippen molar-refractivity contribution >= 4 is 33.2 Å². The van der Waals surface area contributed by atoms with Crippen LogP contribution in [-0.4, -0.2) is 18.8 Å². The van der Waals surface area contributed by atoms with E-state index in [0.29, 0.717) is 16.2 Å². The minimum Gasteiger partial charge on any atom is -0.497 e. The Hall–Kier alpha value is -2.90. The first-order chi connectivity index (χ1) is 14.3. The predicted molar refractivity (Wildman–Crippen MR) is 111 cm³/mol. The number of rotatable bonds is 3. The lowest BCUT2D eigenvalue weighted by atomic mass is 9.53. The maximum Gasteiger partial charge on any atom is 0.218 e. The zero-order chi connectivity index (χ0) is 21.7. The fourth-order valence-electron chi connectivity index (χ4n) is 4.51. The van der Waals surface area contributed by atoms with E-state index in [1.54, 1.807) is 50.4 Å². The number of nitrogens with one attached hydrogen (secondary N) is 1. The van der Waals surface area contributed by atoms with Crippen LogP contribution >= 0.6 is 27.3 Å². The summed E-state index contributed by atoms with van der Waals surface area (Å²) in [5.74, 6) is -2.11. The zero-order valence-electron chi connectivity index (χ0n) is 16.0. The summed E-state index contributed by atoms with van der Waals surface area (Å²) >= 11 is 4.70. The molecule has 0 aliphatic carbocycles. The number of ether oxygens (including phenoxy) is 3. The molecule has 0 saturated carbocycles. The number of hydrogen-bond acceptors (Lipinski definition) is 8. The lowest BCUT2D eigenvalue weighted by Crippen LogP contribution is -2.57. The number of halogens is 1. The highest BCUT2D eigenvalue weighted by Gasteiger charge is 2.79. The number of fused-ring (bicyclic) bond motifs is 2. The number of hydrogen-bond donors (Lipinski definition) is 1. The van der Waals surface area contributed by atoms with E-state index < -0.39 is 34.5 Å². The van der Waals surface area contributed by atoms with E-state index in [1.807, 2.05) is 0 Å². The fraction of sp³-hybridized carbons (Fsp3) is 0.333. The van der Waals surface area contributed by atoms with Gasteiger partial charge in [0.15, 0.2) is 5.41 Å². The SMILES string of the molecule is COc1ccc(C2C3(C)OC(=N)C2(C#N)C(C#N)(C#N)C(c2ccc(Br)s2)O3)cc1. The van der Waals surface area contributed by atoms with Crippen LogP contribution in [0.5, 0.6) is 5.75 Å².